The second-order valence-electron chi connectivity index (χ2n) is 6.13. The molecule has 0 atom stereocenters. The van der Waals surface area contributed by atoms with Gasteiger partial charge in [-0.25, -0.2) is 4.68 Å². The molecule has 0 bridgehead atoms. The zero-order valence-corrected chi connectivity index (χ0v) is 14.9. The van der Waals surface area contributed by atoms with Crippen LogP contribution in [0.2, 0.25) is 0 Å². The minimum absolute atomic E-state index is 0.0142. The van der Waals surface area contributed by atoms with Gasteiger partial charge in [0, 0.05) is 16.9 Å². The molecule has 0 aliphatic carbocycles. The first-order valence-corrected chi connectivity index (χ1v) is 8.58. The lowest BCUT2D eigenvalue weighted by Gasteiger charge is -2.10. The van der Waals surface area contributed by atoms with E-state index in [1.54, 1.807) is 0 Å². The molecule has 0 unspecified atom stereocenters. The summed E-state index contributed by atoms with van der Waals surface area (Å²) in [5.74, 6) is -0.0142. The molecule has 0 fully saturated rings. The number of nitrogens with zero attached hydrogens (tertiary/aromatic N) is 2. The molecule has 25 heavy (non-hydrogen) atoms. The SMILES string of the molecule is CCc1ccccc1NC(=O)Cc1c(C)nn(-c2ccccc2)c1C. The average Bonchev–Trinajstić information content (AvgIpc) is 2.91. The molecule has 1 heterocycles. The Morgan fingerprint density at radius 3 is 2.44 bits per heavy atom. The van der Waals surface area contributed by atoms with Gasteiger partial charge < -0.3 is 5.32 Å². The number of aryl methyl sites for hydroxylation is 2. The van der Waals surface area contributed by atoms with Gasteiger partial charge in [-0.05, 0) is 44.0 Å². The predicted octanol–water partition coefficient (Wildman–Crippen LogP) is 4.23. The molecule has 0 saturated carbocycles. The first-order valence-electron chi connectivity index (χ1n) is 8.58. The van der Waals surface area contributed by atoms with E-state index in [2.05, 4.69) is 17.3 Å². The smallest absolute Gasteiger partial charge is 0.228 e. The second-order valence-corrected chi connectivity index (χ2v) is 6.13. The summed E-state index contributed by atoms with van der Waals surface area (Å²) in [6, 6.07) is 17.9. The van der Waals surface area contributed by atoms with E-state index in [0.29, 0.717) is 6.42 Å². The minimum atomic E-state index is -0.0142. The number of para-hydroxylation sites is 2. The summed E-state index contributed by atoms with van der Waals surface area (Å²) < 4.78 is 1.90. The number of rotatable bonds is 5. The van der Waals surface area contributed by atoms with Crippen molar-refractivity contribution in [3.05, 3.63) is 77.1 Å². The Kier molecular flexibility index (Phi) is 4.98. The number of amides is 1. The molecule has 2 aromatic carbocycles. The summed E-state index contributed by atoms with van der Waals surface area (Å²) in [5, 5.41) is 7.65. The highest BCUT2D eigenvalue weighted by molar-refractivity contribution is 5.93. The van der Waals surface area contributed by atoms with Gasteiger partial charge >= 0.3 is 0 Å². The number of aromatic nitrogens is 2. The summed E-state index contributed by atoms with van der Waals surface area (Å²) in [5.41, 5.74) is 5.91. The fourth-order valence-corrected chi connectivity index (χ4v) is 3.06. The standard InChI is InChI=1S/C21H23N3O/c1-4-17-10-8-9-13-20(17)22-21(25)14-19-15(2)23-24(16(19)3)18-11-6-5-7-12-18/h5-13H,4,14H2,1-3H3,(H,22,25). The molecule has 3 rings (SSSR count). The number of anilines is 1. The third-order valence-corrected chi connectivity index (χ3v) is 4.45. The van der Waals surface area contributed by atoms with Crippen molar-refractivity contribution < 1.29 is 4.79 Å². The monoisotopic (exact) mass is 333 g/mol. The Balaban J connectivity index is 1.81. The summed E-state index contributed by atoms with van der Waals surface area (Å²) >= 11 is 0. The highest BCUT2D eigenvalue weighted by Crippen LogP contribution is 2.20. The van der Waals surface area contributed by atoms with Gasteiger partial charge in [0.1, 0.15) is 0 Å². The van der Waals surface area contributed by atoms with E-state index < -0.39 is 0 Å². The van der Waals surface area contributed by atoms with Crippen LogP contribution in [0.3, 0.4) is 0 Å². The molecule has 1 N–H and O–H groups in total. The summed E-state index contributed by atoms with van der Waals surface area (Å²) in [7, 11) is 0. The van der Waals surface area contributed by atoms with Gasteiger partial charge in [0.25, 0.3) is 0 Å². The van der Waals surface area contributed by atoms with Crippen molar-refractivity contribution in [3.63, 3.8) is 0 Å². The average molecular weight is 333 g/mol. The summed E-state index contributed by atoms with van der Waals surface area (Å²) in [6.07, 6.45) is 1.21. The van der Waals surface area contributed by atoms with Gasteiger partial charge in [-0.2, -0.15) is 5.10 Å². The van der Waals surface area contributed by atoms with Crippen LogP contribution in [0.25, 0.3) is 5.69 Å². The van der Waals surface area contributed by atoms with Crippen LogP contribution in [0.1, 0.15) is 29.4 Å². The normalized spacial score (nSPS) is 10.7. The summed E-state index contributed by atoms with van der Waals surface area (Å²) in [6.45, 7) is 6.05. The van der Waals surface area contributed by atoms with E-state index in [0.717, 1.165) is 40.3 Å². The number of hydrogen-bond acceptors (Lipinski definition) is 2. The molecule has 4 nitrogen and oxygen atoms in total. The van der Waals surface area contributed by atoms with E-state index in [-0.39, 0.29) is 5.91 Å². The third kappa shape index (κ3) is 3.63. The van der Waals surface area contributed by atoms with E-state index in [9.17, 15) is 4.79 Å². The molecule has 128 valence electrons. The maximum Gasteiger partial charge on any atom is 0.228 e. The van der Waals surface area contributed by atoms with E-state index in [1.807, 2.05) is 73.1 Å². The maximum absolute atomic E-state index is 12.6. The minimum Gasteiger partial charge on any atom is -0.326 e. The predicted molar refractivity (Wildman–Crippen MR) is 101 cm³/mol. The Hall–Kier alpha value is -2.88. The molecule has 0 spiro atoms. The maximum atomic E-state index is 12.6. The first kappa shape index (κ1) is 17.0. The van der Waals surface area contributed by atoms with Gasteiger partial charge in [-0.15, -0.1) is 0 Å². The van der Waals surface area contributed by atoms with Crippen LogP contribution < -0.4 is 5.32 Å². The number of carbonyl (C=O) groups is 1. The van der Waals surface area contributed by atoms with Crippen molar-refractivity contribution in [2.45, 2.75) is 33.6 Å². The van der Waals surface area contributed by atoms with Gasteiger partial charge in [-0.1, -0.05) is 43.3 Å². The summed E-state index contributed by atoms with van der Waals surface area (Å²) in [4.78, 5) is 12.6. The zero-order valence-electron chi connectivity index (χ0n) is 14.9. The van der Waals surface area contributed by atoms with Crippen LogP contribution in [0.15, 0.2) is 54.6 Å². The van der Waals surface area contributed by atoms with Gasteiger partial charge in [0.2, 0.25) is 5.91 Å². The largest absolute Gasteiger partial charge is 0.326 e. The molecule has 0 radical (unpaired) electrons. The quantitative estimate of drug-likeness (QED) is 0.759. The molecular weight excluding hydrogens is 310 g/mol. The highest BCUT2D eigenvalue weighted by Gasteiger charge is 2.16. The topological polar surface area (TPSA) is 46.9 Å². The number of benzene rings is 2. The molecule has 0 aliphatic heterocycles. The van der Waals surface area contributed by atoms with Crippen molar-refractivity contribution in [1.29, 1.82) is 0 Å². The van der Waals surface area contributed by atoms with Crippen LogP contribution in [-0.2, 0) is 17.6 Å². The highest BCUT2D eigenvalue weighted by atomic mass is 16.1. The molecule has 4 heteroatoms. The van der Waals surface area contributed by atoms with Crippen molar-refractivity contribution >= 4 is 11.6 Å². The van der Waals surface area contributed by atoms with Crippen LogP contribution in [0.4, 0.5) is 5.69 Å². The second kappa shape index (κ2) is 7.34. The number of hydrogen-bond donors (Lipinski definition) is 1. The van der Waals surface area contributed by atoms with Gasteiger partial charge in [0.05, 0.1) is 17.8 Å². The Morgan fingerprint density at radius 1 is 1.04 bits per heavy atom. The van der Waals surface area contributed by atoms with Crippen molar-refractivity contribution in [2.24, 2.45) is 0 Å². The fraction of sp³-hybridized carbons (Fsp3) is 0.238. The lowest BCUT2D eigenvalue weighted by atomic mass is 10.1. The van der Waals surface area contributed by atoms with E-state index >= 15 is 0 Å². The Labute approximate surface area is 148 Å². The van der Waals surface area contributed by atoms with Gasteiger partial charge in [0.15, 0.2) is 0 Å². The van der Waals surface area contributed by atoms with Crippen molar-refractivity contribution in [1.82, 2.24) is 9.78 Å². The lowest BCUT2D eigenvalue weighted by molar-refractivity contribution is -0.115. The van der Waals surface area contributed by atoms with Crippen molar-refractivity contribution in [3.8, 4) is 5.69 Å². The van der Waals surface area contributed by atoms with Crippen LogP contribution in [0, 0.1) is 13.8 Å². The number of carbonyl (C=O) groups excluding carboxylic acids is 1. The first-order chi connectivity index (χ1) is 12.1. The molecule has 1 aromatic heterocycles. The fourth-order valence-electron chi connectivity index (χ4n) is 3.06. The molecule has 1 amide bonds. The van der Waals surface area contributed by atoms with Crippen LogP contribution in [0.5, 0.6) is 0 Å². The zero-order chi connectivity index (χ0) is 17.8. The molecule has 0 aliphatic rings. The Bertz CT molecular complexity index is 881. The number of nitrogens with one attached hydrogen (secondary N) is 1. The van der Waals surface area contributed by atoms with Crippen molar-refractivity contribution in [2.75, 3.05) is 5.32 Å². The lowest BCUT2D eigenvalue weighted by Crippen LogP contribution is -2.16. The van der Waals surface area contributed by atoms with Gasteiger partial charge in [-0.3, -0.25) is 4.79 Å². The van der Waals surface area contributed by atoms with E-state index in [1.165, 1.54) is 0 Å². The molecule has 0 saturated heterocycles. The molecule has 3 aromatic rings. The molecular formula is C21H23N3O. The van der Waals surface area contributed by atoms with Crippen LogP contribution in [-0.4, -0.2) is 15.7 Å². The van der Waals surface area contributed by atoms with E-state index in [4.69, 9.17) is 0 Å². The van der Waals surface area contributed by atoms with Crippen LogP contribution >= 0.6 is 0 Å². The third-order valence-electron chi connectivity index (χ3n) is 4.45. The Morgan fingerprint density at radius 2 is 1.72 bits per heavy atom.